The van der Waals surface area contributed by atoms with Gasteiger partial charge in [0, 0.05) is 49.5 Å². The van der Waals surface area contributed by atoms with E-state index < -0.39 is 0 Å². The molecule has 1 aliphatic carbocycles. The minimum Gasteiger partial charge on any atom is -0.377 e. The van der Waals surface area contributed by atoms with Gasteiger partial charge in [-0.15, -0.1) is 0 Å². The number of para-hydroxylation sites is 2. The van der Waals surface area contributed by atoms with Crippen molar-refractivity contribution in [2.75, 3.05) is 35.8 Å². The van der Waals surface area contributed by atoms with E-state index in [0.29, 0.717) is 18.5 Å². The molecule has 0 saturated heterocycles. The molecule has 0 atom stereocenters. The van der Waals surface area contributed by atoms with Crippen LogP contribution in [-0.4, -0.2) is 37.7 Å². The van der Waals surface area contributed by atoms with Gasteiger partial charge in [0.15, 0.2) is 0 Å². The minimum absolute atomic E-state index is 0.368. The van der Waals surface area contributed by atoms with Crippen molar-refractivity contribution in [1.29, 1.82) is 0 Å². The smallest absolute Gasteiger partial charge is 0.319 e. The van der Waals surface area contributed by atoms with Gasteiger partial charge >= 0.3 is 6.03 Å². The van der Waals surface area contributed by atoms with Crippen molar-refractivity contribution < 1.29 is 4.79 Å². The molecule has 0 radical (unpaired) electrons. The van der Waals surface area contributed by atoms with Gasteiger partial charge in [-0.05, 0) is 55.7 Å². The molecule has 1 saturated carbocycles. The number of urea groups is 1. The molecule has 0 bridgehead atoms. The summed E-state index contributed by atoms with van der Waals surface area (Å²) in [6, 6.07) is 18.5. The van der Waals surface area contributed by atoms with E-state index in [1.54, 1.807) is 4.90 Å². The molecular formula is C27H35N5O. The number of hydrogen-bond donors (Lipinski definition) is 2. The average molecular weight is 446 g/mol. The highest BCUT2D eigenvalue weighted by molar-refractivity contribution is 5.93. The Morgan fingerprint density at radius 1 is 1.03 bits per heavy atom. The van der Waals surface area contributed by atoms with Gasteiger partial charge < -0.3 is 16.0 Å². The molecule has 3 N–H and O–H groups in total. The fourth-order valence-corrected chi connectivity index (χ4v) is 4.94. The second kappa shape index (κ2) is 10.1. The van der Waals surface area contributed by atoms with Crippen molar-refractivity contribution in [3.8, 4) is 0 Å². The zero-order valence-corrected chi connectivity index (χ0v) is 19.9. The highest BCUT2D eigenvalue weighted by Gasteiger charge is 2.26. The zero-order valence-electron chi connectivity index (χ0n) is 19.9. The van der Waals surface area contributed by atoms with Crippen LogP contribution in [0.2, 0.25) is 0 Å². The first-order valence-electron chi connectivity index (χ1n) is 11.9. The molecule has 0 unspecified atom stereocenters. The van der Waals surface area contributed by atoms with Crippen LogP contribution < -0.4 is 20.9 Å². The Morgan fingerprint density at radius 2 is 1.73 bits per heavy atom. The Labute approximate surface area is 196 Å². The Hall–Kier alpha value is -3.28. The number of rotatable bonds is 7. The molecule has 1 heterocycles. The van der Waals surface area contributed by atoms with E-state index in [4.69, 9.17) is 10.7 Å². The number of nitrogens with two attached hydrogens (primary N) is 1. The van der Waals surface area contributed by atoms with Crippen LogP contribution in [0, 0.1) is 5.92 Å². The highest BCUT2D eigenvalue weighted by Crippen LogP contribution is 2.32. The summed E-state index contributed by atoms with van der Waals surface area (Å²) >= 11 is 0. The second-order valence-electron chi connectivity index (χ2n) is 9.23. The van der Waals surface area contributed by atoms with Crippen LogP contribution >= 0.6 is 0 Å². The molecule has 4 rings (SSSR count). The molecule has 33 heavy (non-hydrogen) atoms. The molecule has 1 aromatic heterocycles. The summed E-state index contributed by atoms with van der Waals surface area (Å²) in [6.45, 7) is 2.79. The van der Waals surface area contributed by atoms with Gasteiger partial charge in [0.25, 0.3) is 0 Å². The normalized spacial score (nSPS) is 18.2. The topological polar surface area (TPSA) is 74.5 Å². The number of nitrogens with zero attached hydrogens (tertiary/aromatic N) is 3. The molecule has 6 nitrogen and oxygen atoms in total. The number of carbonyl (C=O) groups excluding carboxylic acids is 1. The van der Waals surface area contributed by atoms with E-state index >= 15 is 0 Å². The predicted molar refractivity (Wildman–Crippen MR) is 138 cm³/mol. The summed E-state index contributed by atoms with van der Waals surface area (Å²) in [6.07, 6.45) is 5.11. The quantitative estimate of drug-likeness (QED) is 0.509. The third-order valence-electron chi connectivity index (χ3n) is 6.75. The largest absolute Gasteiger partial charge is 0.377 e. The molecule has 2 amide bonds. The third kappa shape index (κ3) is 5.21. The zero-order chi connectivity index (χ0) is 23.4. The molecule has 6 heteroatoms. The average Bonchev–Trinajstić information content (AvgIpc) is 2.82. The molecule has 1 fully saturated rings. The van der Waals surface area contributed by atoms with E-state index in [1.807, 2.05) is 24.3 Å². The van der Waals surface area contributed by atoms with Gasteiger partial charge in [-0.3, -0.25) is 4.90 Å². The van der Waals surface area contributed by atoms with Crippen LogP contribution in [0.4, 0.5) is 22.0 Å². The highest BCUT2D eigenvalue weighted by atomic mass is 16.2. The first-order valence-corrected chi connectivity index (χ1v) is 11.9. The lowest BCUT2D eigenvalue weighted by molar-refractivity contribution is 0.250. The lowest BCUT2D eigenvalue weighted by Crippen LogP contribution is -2.41. The third-order valence-corrected chi connectivity index (χ3v) is 6.75. The fraction of sp³-hybridized carbons (Fsp3) is 0.407. The monoisotopic (exact) mass is 445 g/mol. The number of nitrogens with one attached hydrogen (secondary N) is 1. The fourth-order valence-electron chi connectivity index (χ4n) is 4.94. The van der Waals surface area contributed by atoms with Crippen LogP contribution in [0.1, 0.15) is 38.2 Å². The SMILES string of the molecule is CCc1ccccc1N(C[C@H]1CC[C@@H](Nc2cc(N(C)C)c3ccccc3n2)CC1)C(N)=O. The number of fused-ring (bicyclic) bond motifs is 1. The van der Waals surface area contributed by atoms with E-state index in [-0.39, 0.29) is 6.03 Å². The van der Waals surface area contributed by atoms with Gasteiger partial charge in [0.2, 0.25) is 0 Å². The van der Waals surface area contributed by atoms with Gasteiger partial charge in [0.1, 0.15) is 5.82 Å². The van der Waals surface area contributed by atoms with Gasteiger partial charge in [-0.2, -0.15) is 0 Å². The summed E-state index contributed by atoms with van der Waals surface area (Å²) in [5.74, 6) is 1.37. The first-order chi connectivity index (χ1) is 16.0. The van der Waals surface area contributed by atoms with Crippen molar-refractivity contribution in [2.45, 2.75) is 45.1 Å². The number of benzene rings is 2. The maximum absolute atomic E-state index is 12.3. The Kier molecular flexibility index (Phi) is 7.02. The van der Waals surface area contributed by atoms with Crippen LogP contribution in [0.5, 0.6) is 0 Å². The first kappa shape index (κ1) is 22.9. The number of hydrogen-bond acceptors (Lipinski definition) is 4. The van der Waals surface area contributed by atoms with Crippen LogP contribution in [-0.2, 0) is 6.42 Å². The van der Waals surface area contributed by atoms with E-state index in [0.717, 1.165) is 60.1 Å². The van der Waals surface area contributed by atoms with Crippen molar-refractivity contribution in [1.82, 2.24) is 4.98 Å². The van der Waals surface area contributed by atoms with Gasteiger partial charge in [-0.1, -0.05) is 43.3 Å². The standard InChI is InChI=1S/C27H35N5O/c1-4-20-9-5-8-12-24(20)32(27(28)33)18-19-13-15-21(16-14-19)29-26-17-25(31(2)3)22-10-6-7-11-23(22)30-26/h5-12,17,19,21H,4,13-16,18H2,1-3H3,(H2,28,33)(H,29,30)/t19-,21+. The maximum Gasteiger partial charge on any atom is 0.319 e. The minimum atomic E-state index is -0.368. The molecule has 3 aromatic rings. The molecular weight excluding hydrogens is 410 g/mol. The van der Waals surface area contributed by atoms with E-state index in [1.165, 1.54) is 5.69 Å². The number of primary amides is 1. The van der Waals surface area contributed by atoms with Crippen LogP contribution in [0.3, 0.4) is 0 Å². The molecule has 1 aliphatic rings. The number of carbonyl (C=O) groups is 1. The number of pyridine rings is 1. The summed E-state index contributed by atoms with van der Waals surface area (Å²) in [7, 11) is 4.13. The molecule has 0 spiro atoms. The van der Waals surface area contributed by atoms with Crippen LogP contribution in [0.15, 0.2) is 54.6 Å². The number of anilines is 3. The van der Waals surface area contributed by atoms with Crippen molar-refractivity contribution in [3.63, 3.8) is 0 Å². The van der Waals surface area contributed by atoms with E-state index in [9.17, 15) is 4.79 Å². The van der Waals surface area contributed by atoms with Crippen molar-refractivity contribution in [2.24, 2.45) is 11.7 Å². The Morgan fingerprint density at radius 3 is 2.42 bits per heavy atom. The maximum atomic E-state index is 12.3. The van der Waals surface area contributed by atoms with Crippen LogP contribution in [0.25, 0.3) is 10.9 Å². The Bertz CT molecular complexity index is 1100. The van der Waals surface area contributed by atoms with Crippen molar-refractivity contribution in [3.05, 3.63) is 60.2 Å². The van der Waals surface area contributed by atoms with Gasteiger partial charge in [0.05, 0.1) is 5.52 Å². The molecule has 0 aliphatic heterocycles. The molecule has 174 valence electrons. The predicted octanol–water partition coefficient (Wildman–Crippen LogP) is 5.42. The number of amides is 2. The summed E-state index contributed by atoms with van der Waals surface area (Å²) in [5.41, 5.74) is 10.1. The van der Waals surface area contributed by atoms with E-state index in [2.05, 4.69) is 61.6 Å². The summed E-state index contributed by atoms with van der Waals surface area (Å²) < 4.78 is 0. The van der Waals surface area contributed by atoms with Crippen molar-refractivity contribution >= 4 is 34.1 Å². The lowest BCUT2D eigenvalue weighted by atomic mass is 9.85. The lowest BCUT2D eigenvalue weighted by Gasteiger charge is -2.33. The van der Waals surface area contributed by atoms with Gasteiger partial charge in [-0.25, -0.2) is 9.78 Å². The summed E-state index contributed by atoms with van der Waals surface area (Å²) in [5, 5.41) is 4.83. The molecule has 2 aromatic carbocycles. The number of aromatic nitrogens is 1. The Balaban J connectivity index is 1.41. The number of aryl methyl sites for hydroxylation is 1. The second-order valence-corrected chi connectivity index (χ2v) is 9.23. The summed E-state index contributed by atoms with van der Waals surface area (Å²) in [4.78, 5) is 21.0.